The molecule has 1 N–H and O–H groups in total. The van der Waals surface area contributed by atoms with E-state index in [-0.39, 0.29) is 5.41 Å². The van der Waals surface area contributed by atoms with E-state index in [9.17, 15) is 5.11 Å². The highest BCUT2D eigenvalue weighted by atomic mass is 16.5. The predicted molar refractivity (Wildman–Crippen MR) is 85.0 cm³/mol. The van der Waals surface area contributed by atoms with Crippen molar-refractivity contribution in [1.82, 2.24) is 0 Å². The first-order valence-electron chi connectivity index (χ1n) is 7.48. The molecule has 0 amide bonds. The van der Waals surface area contributed by atoms with Crippen LogP contribution in [0.4, 0.5) is 0 Å². The van der Waals surface area contributed by atoms with Crippen molar-refractivity contribution in [2.45, 2.75) is 52.1 Å². The smallest absolute Gasteiger partial charge is 0.118 e. The van der Waals surface area contributed by atoms with E-state index in [1.165, 1.54) is 0 Å². The highest BCUT2D eigenvalue weighted by Gasteiger charge is 2.44. The first-order chi connectivity index (χ1) is 9.47. The maximum Gasteiger partial charge on any atom is 0.118 e. The third kappa shape index (κ3) is 3.06. The molecule has 1 aromatic rings. The molecule has 0 saturated carbocycles. The fourth-order valence-electron chi connectivity index (χ4n) is 2.90. The third-order valence-electron chi connectivity index (χ3n) is 4.62. The fourth-order valence-corrected chi connectivity index (χ4v) is 2.90. The molecule has 0 fully saturated rings. The van der Waals surface area contributed by atoms with Gasteiger partial charge in [0.05, 0.1) is 12.7 Å². The number of rotatable bonds is 8. The van der Waals surface area contributed by atoms with Crippen LogP contribution in [0.5, 0.6) is 5.75 Å². The molecule has 0 aliphatic rings. The summed E-state index contributed by atoms with van der Waals surface area (Å²) in [4.78, 5) is 0. The summed E-state index contributed by atoms with van der Waals surface area (Å²) in [6.45, 7) is 10.2. The van der Waals surface area contributed by atoms with E-state index in [0.717, 1.165) is 37.0 Å². The second-order valence-electron chi connectivity index (χ2n) is 5.62. The molecule has 0 unspecified atom stereocenters. The van der Waals surface area contributed by atoms with Crippen molar-refractivity contribution in [2.24, 2.45) is 5.41 Å². The summed E-state index contributed by atoms with van der Waals surface area (Å²) in [7, 11) is 1.65. The Morgan fingerprint density at radius 2 is 1.85 bits per heavy atom. The minimum absolute atomic E-state index is 0.294. The number of aliphatic hydroxyl groups is 1. The lowest BCUT2D eigenvalue weighted by Crippen LogP contribution is -2.41. The molecule has 1 rings (SSSR count). The van der Waals surface area contributed by atoms with Crippen LogP contribution in [0.15, 0.2) is 36.9 Å². The summed E-state index contributed by atoms with van der Waals surface area (Å²) in [5, 5.41) is 11.2. The topological polar surface area (TPSA) is 29.5 Å². The first-order valence-corrected chi connectivity index (χ1v) is 7.48. The Labute approximate surface area is 123 Å². The van der Waals surface area contributed by atoms with Gasteiger partial charge in [0, 0.05) is 5.41 Å². The summed E-state index contributed by atoms with van der Waals surface area (Å²) < 4.78 is 5.18. The summed E-state index contributed by atoms with van der Waals surface area (Å²) in [6.07, 6.45) is 5.96. The Hall–Kier alpha value is -1.28. The zero-order valence-corrected chi connectivity index (χ0v) is 13.3. The highest BCUT2D eigenvalue weighted by Crippen LogP contribution is 2.47. The van der Waals surface area contributed by atoms with E-state index in [1.54, 1.807) is 7.11 Å². The third-order valence-corrected chi connectivity index (χ3v) is 4.62. The van der Waals surface area contributed by atoms with Crippen molar-refractivity contribution in [1.29, 1.82) is 0 Å². The monoisotopic (exact) mass is 276 g/mol. The van der Waals surface area contributed by atoms with E-state index in [0.29, 0.717) is 0 Å². The molecule has 0 aliphatic heterocycles. The molecule has 0 spiro atoms. The molecule has 0 radical (unpaired) electrons. The number of hydrogen-bond donors (Lipinski definition) is 1. The lowest BCUT2D eigenvalue weighted by atomic mass is 9.65. The molecule has 1 aromatic carbocycles. The Balaban J connectivity index is 3.16. The average Bonchev–Trinajstić information content (AvgIpc) is 2.48. The quantitative estimate of drug-likeness (QED) is 0.699. The van der Waals surface area contributed by atoms with Crippen molar-refractivity contribution in [3.05, 3.63) is 42.5 Å². The molecular formula is C18H28O2. The fraction of sp³-hybridized carbons (Fsp3) is 0.556. The van der Waals surface area contributed by atoms with E-state index < -0.39 is 5.60 Å². The van der Waals surface area contributed by atoms with Crippen LogP contribution in [0.1, 0.15) is 52.0 Å². The maximum atomic E-state index is 11.2. The number of ether oxygens (including phenoxy) is 1. The van der Waals surface area contributed by atoms with Gasteiger partial charge in [-0.15, -0.1) is 6.58 Å². The second kappa shape index (κ2) is 6.94. The van der Waals surface area contributed by atoms with Crippen LogP contribution in [0, 0.1) is 5.41 Å². The standard InChI is InChI=1S/C18H28O2/c1-6-9-14-18(7-2,8-3)17(4,19)15-10-12-16(20-5)13-11-15/h7,10-13,19H,2,6,8-9,14H2,1,3-5H3/t17-,18-/m0/s1. The predicted octanol–water partition coefficient (Wildman–Crippen LogP) is 4.68. The van der Waals surface area contributed by atoms with Crippen LogP contribution >= 0.6 is 0 Å². The van der Waals surface area contributed by atoms with E-state index in [1.807, 2.05) is 37.3 Å². The minimum atomic E-state index is -0.926. The number of methoxy groups -OCH3 is 1. The van der Waals surface area contributed by atoms with Gasteiger partial charge in [-0.05, 0) is 37.5 Å². The van der Waals surface area contributed by atoms with E-state index in [4.69, 9.17) is 4.74 Å². The van der Waals surface area contributed by atoms with E-state index >= 15 is 0 Å². The Morgan fingerprint density at radius 3 is 2.25 bits per heavy atom. The molecule has 0 saturated heterocycles. The molecule has 0 bridgehead atoms. The zero-order valence-electron chi connectivity index (χ0n) is 13.3. The summed E-state index contributed by atoms with van der Waals surface area (Å²) >= 11 is 0. The Kier molecular flexibility index (Phi) is 5.82. The maximum absolute atomic E-state index is 11.2. The minimum Gasteiger partial charge on any atom is -0.497 e. The average molecular weight is 276 g/mol. The van der Waals surface area contributed by atoms with Crippen molar-refractivity contribution < 1.29 is 9.84 Å². The normalized spacial score (nSPS) is 17.1. The molecule has 112 valence electrons. The zero-order chi connectivity index (χ0) is 15.2. The first kappa shape index (κ1) is 16.8. The molecule has 2 heteroatoms. The molecule has 0 heterocycles. The van der Waals surface area contributed by atoms with Gasteiger partial charge < -0.3 is 9.84 Å². The van der Waals surface area contributed by atoms with Gasteiger partial charge in [-0.3, -0.25) is 0 Å². The van der Waals surface area contributed by atoms with Crippen LogP contribution in [-0.2, 0) is 5.60 Å². The van der Waals surface area contributed by atoms with Gasteiger partial charge in [-0.2, -0.15) is 0 Å². The van der Waals surface area contributed by atoms with Gasteiger partial charge in [-0.25, -0.2) is 0 Å². The van der Waals surface area contributed by atoms with Crippen molar-refractivity contribution >= 4 is 0 Å². The van der Waals surface area contributed by atoms with Crippen LogP contribution in [0.25, 0.3) is 0 Å². The van der Waals surface area contributed by atoms with Crippen LogP contribution < -0.4 is 4.74 Å². The van der Waals surface area contributed by atoms with Gasteiger partial charge in [0.1, 0.15) is 5.75 Å². The number of benzene rings is 1. The largest absolute Gasteiger partial charge is 0.497 e. The summed E-state index contributed by atoms with van der Waals surface area (Å²) in [5.74, 6) is 0.804. The SMILES string of the molecule is C=C[C@](CC)(CCCC)[C@@](C)(O)c1ccc(OC)cc1. The lowest BCUT2D eigenvalue weighted by molar-refractivity contribution is -0.0574. The molecular weight excluding hydrogens is 248 g/mol. The lowest BCUT2D eigenvalue weighted by Gasteiger charge is -2.43. The summed E-state index contributed by atoms with van der Waals surface area (Å²) in [6, 6.07) is 7.68. The van der Waals surface area contributed by atoms with Crippen LogP contribution in [-0.4, -0.2) is 12.2 Å². The summed E-state index contributed by atoms with van der Waals surface area (Å²) in [5.41, 5.74) is -0.307. The highest BCUT2D eigenvalue weighted by molar-refractivity contribution is 5.33. The molecule has 0 aliphatic carbocycles. The van der Waals surface area contributed by atoms with Crippen LogP contribution in [0.3, 0.4) is 0 Å². The van der Waals surface area contributed by atoms with Gasteiger partial charge in [0.25, 0.3) is 0 Å². The van der Waals surface area contributed by atoms with Crippen molar-refractivity contribution in [3.8, 4) is 5.75 Å². The van der Waals surface area contributed by atoms with Gasteiger partial charge >= 0.3 is 0 Å². The molecule has 0 aromatic heterocycles. The van der Waals surface area contributed by atoms with E-state index in [2.05, 4.69) is 20.4 Å². The van der Waals surface area contributed by atoms with Gasteiger partial charge in [0.2, 0.25) is 0 Å². The van der Waals surface area contributed by atoms with Crippen LogP contribution in [0.2, 0.25) is 0 Å². The molecule has 20 heavy (non-hydrogen) atoms. The number of hydrogen-bond acceptors (Lipinski definition) is 2. The van der Waals surface area contributed by atoms with Crippen molar-refractivity contribution in [3.63, 3.8) is 0 Å². The van der Waals surface area contributed by atoms with Crippen molar-refractivity contribution in [2.75, 3.05) is 7.11 Å². The van der Waals surface area contributed by atoms with Gasteiger partial charge in [-0.1, -0.05) is 44.9 Å². The Morgan fingerprint density at radius 1 is 1.25 bits per heavy atom. The molecule has 2 atom stereocenters. The molecule has 2 nitrogen and oxygen atoms in total. The Bertz CT molecular complexity index is 420. The number of unbranched alkanes of at least 4 members (excludes halogenated alkanes) is 1. The second-order valence-corrected chi connectivity index (χ2v) is 5.62. The van der Waals surface area contributed by atoms with Gasteiger partial charge in [0.15, 0.2) is 0 Å².